The molecule has 4 aliphatic carbocycles. The molecule has 2 heteroatoms. The van der Waals surface area contributed by atoms with Crippen LogP contribution < -0.4 is 0 Å². The van der Waals surface area contributed by atoms with Gasteiger partial charge in [-0.3, -0.25) is 4.79 Å². The summed E-state index contributed by atoms with van der Waals surface area (Å²) in [7, 11) is 0. The molecule has 0 aromatic rings. The lowest BCUT2D eigenvalue weighted by Crippen LogP contribution is -2.59. The Labute approximate surface area is 149 Å². The normalized spacial score (nSPS) is 37.3. The number of hydrogen-bond donors (Lipinski definition) is 0. The van der Waals surface area contributed by atoms with Crippen LogP contribution in [-0.2, 0) is 9.53 Å². The van der Waals surface area contributed by atoms with Crippen molar-refractivity contribution in [1.82, 2.24) is 0 Å². The highest BCUT2D eigenvalue weighted by Gasteiger charge is 2.60. The van der Waals surface area contributed by atoms with E-state index in [-0.39, 0.29) is 22.4 Å². The van der Waals surface area contributed by atoms with E-state index in [0.29, 0.717) is 0 Å². The number of ether oxygens (including phenoxy) is 1. The predicted molar refractivity (Wildman–Crippen MR) is 98.7 cm³/mol. The molecule has 0 heterocycles. The molecule has 0 aromatic carbocycles. The lowest BCUT2D eigenvalue weighted by atomic mass is 9.45. The van der Waals surface area contributed by atoms with E-state index in [1.54, 1.807) is 0 Å². The van der Waals surface area contributed by atoms with Crippen molar-refractivity contribution in [3.63, 3.8) is 0 Å². The summed E-state index contributed by atoms with van der Waals surface area (Å²) in [5.41, 5.74) is -0.366. The first kappa shape index (κ1) is 18.3. The molecule has 138 valence electrons. The van der Waals surface area contributed by atoms with Gasteiger partial charge in [0.15, 0.2) is 0 Å². The van der Waals surface area contributed by atoms with Crippen molar-refractivity contribution in [2.45, 2.75) is 104 Å². The van der Waals surface area contributed by atoms with E-state index >= 15 is 0 Å². The topological polar surface area (TPSA) is 26.3 Å². The standard InChI is InChI=1S/C22H38O2/c1-6-8-9-21(5,24-19(23)20(3,4)7-2)22-13-16-10-17(14-22)12-18(11-16)15-22/h16-18H,6-15H2,1-5H3. The third kappa shape index (κ3) is 3.03. The Morgan fingerprint density at radius 1 is 1.00 bits per heavy atom. The van der Waals surface area contributed by atoms with E-state index in [1.165, 1.54) is 44.9 Å². The van der Waals surface area contributed by atoms with Crippen molar-refractivity contribution in [3.05, 3.63) is 0 Å². The van der Waals surface area contributed by atoms with E-state index in [2.05, 4.69) is 20.8 Å². The Hall–Kier alpha value is -0.530. The maximum atomic E-state index is 12.9. The zero-order valence-corrected chi connectivity index (χ0v) is 16.6. The molecule has 1 unspecified atom stereocenters. The van der Waals surface area contributed by atoms with Gasteiger partial charge in [0.2, 0.25) is 0 Å². The third-order valence-corrected chi connectivity index (χ3v) is 7.92. The van der Waals surface area contributed by atoms with Gasteiger partial charge in [-0.25, -0.2) is 0 Å². The molecule has 4 fully saturated rings. The fourth-order valence-electron chi connectivity index (χ4n) is 6.18. The summed E-state index contributed by atoms with van der Waals surface area (Å²) in [6.07, 6.45) is 12.5. The Bertz CT molecular complexity index is 443. The second-order valence-corrected chi connectivity index (χ2v) is 10.2. The second kappa shape index (κ2) is 6.32. The van der Waals surface area contributed by atoms with Crippen LogP contribution in [0.5, 0.6) is 0 Å². The number of esters is 1. The van der Waals surface area contributed by atoms with E-state index in [9.17, 15) is 4.79 Å². The van der Waals surface area contributed by atoms with Crippen LogP contribution in [0.2, 0.25) is 0 Å². The largest absolute Gasteiger partial charge is 0.458 e. The zero-order chi connectivity index (χ0) is 17.6. The summed E-state index contributed by atoms with van der Waals surface area (Å²) in [5.74, 6) is 2.72. The number of unbranched alkanes of at least 4 members (excludes halogenated alkanes) is 1. The van der Waals surface area contributed by atoms with Crippen LogP contribution in [-0.4, -0.2) is 11.6 Å². The molecule has 0 aromatic heterocycles. The van der Waals surface area contributed by atoms with Gasteiger partial charge in [0.1, 0.15) is 5.60 Å². The first-order valence-corrected chi connectivity index (χ1v) is 10.5. The minimum atomic E-state index is -0.365. The number of carbonyl (C=O) groups is 1. The molecule has 24 heavy (non-hydrogen) atoms. The van der Waals surface area contributed by atoms with Gasteiger partial charge in [-0.15, -0.1) is 0 Å². The van der Waals surface area contributed by atoms with E-state index in [0.717, 1.165) is 37.0 Å². The molecule has 4 saturated carbocycles. The van der Waals surface area contributed by atoms with Crippen molar-refractivity contribution < 1.29 is 9.53 Å². The molecular weight excluding hydrogens is 296 g/mol. The highest BCUT2D eigenvalue weighted by molar-refractivity contribution is 5.76. The second-order valence-electron chi connectivity index (χ2n) is 10.2. The maximum absolute atomic E-state index is 12.9. The lowest BCUT2D eigenvalue weighted by molar-refractivity contribution is -0.213. The van der Waals surface area contributed by atoms with Gasteiger partial charge in [0.25, 0.3) is 0 Å². The van der Waals surface area contributed by atoms with E-state index < -0.39 is 0 Å². The first-order chi connectivity index (χ1) is 11.2. The summed E-state index contributed by atoms with van der Waals surface area (Å²) in [4.78, 5) is 12.9. The number of carbonyl (C=O) groups excluding carboxylic acids is 1. The van der Waals surface area contributed by atoms with Crippen molar-refractivity contribution in [3.8, 4) is 0 Å². The molecular formula is C22H38O2. The maximum Gasteiger partial charge on any atom is 0.312 e. The molecule has 0 radical (unpaired) electrons. The average Bonchev–Trinajstić information content (AvgIpc) is 2.51. The highest BCUT2D eigenvalue weighted by atomic mass is 16.6. The SMILES string of the molecule is CCCCC(C)(OC(=O)C(C)(C)CC)C12CC3CC(CC(C3)C1)C2. The van der Waals surface area contributed by atoms with Crippen LogP contribution in [0.25, 0.3) is 0 Å². The van der Waals surface area contributed by atoms with Crippen LogP contribution >= 0.6 is 0 Å². The summed E-state index contributed by atoms with van der Waals surface area (Å²) >= 11 is 0. The van der Waals surface area contributed by atoms with Crippen molar-refractivity contribution >= 4 is 5.97 Å². The van der Waals surface area contributed by atoms with Crippen molar-refractivity contribution in [1.29, 1.82) is 0 Å². The molecule has 1 atom stereocenters. The van der Waals surface area contributed by atoms with E-state index in [4.69, 9.17) is 4.74 Å². The summed E-state index contributed by atoms with van der Waals surface area (Å²) < 4.78 is 6.44. The summed E-state index contributed by atoms with van der Waals surface area (Å²) in [5, 5.41) is 0. The lowest BCUT2D eigenvalue weighted by Gasteiger charge is -2.62. The van der Waals surface area contributed by atoms with Crippen LogP contribution in [0.4, 0.5) is 0 Å². The minimum absolute atomic E-state index is 0.0272. The molecule has 0 saturated heterocycles. The van der Waals surface area contributed by atoms with E-state index in [1.807, 2.05) is 13.8 Å². The van der Waals surface area contributed by atoms with Crippen LogP contribution in [0.15, 0.2) is 0 Å². The van der Waals surface area contributed by atoms with Gasteiger partial charge in [-0.1, -0.05) is 20.3 Å². The number of hydrogen-bond acceptors (Lipinski definition) is 2. The zero-order valence-electron chi connectivity index (χ0n) is 16.6. The average molecular weight is 335 g/mol. The molecule has 4 bridgehead atoms. The fraction of sp³-hybridized carbons (Fsp3) is 0.955. The van der Waals surface area contributed by atoms with Gasteiger partial charge in [0.05, 0.1) is 5.41 Å². The first-order valence-electron chi connectivity index (χ1n) is 10.5. The highest BCUT2D eigenvalue weighted by Crippen LogP contribution is 2.65. The molecule has 0 spiro atoms. The third-order valence-electron chi connectivity index (χ3n) is 7.92. The molecule has 0 amide bonds. The Morgan fingerprint density at radius 3 is 1.92 bits per heavy atom. The molecule has 0 aliphatic heterocycles. The van der Waals surface area contributed by atoms with Gasteiger partial charge in [-0.2, -0.15) is 0 Å². The molecule has 4 aliphatic rings. The Balaban J connectivity index is 1.87. The van der Waals surface area contributed by atoms with Crippen LogP contribution in [0.1, 0.15) is 98.8 Å². The smallest absolute Gasteiger partial charge is 0.312 e. The molecule has 0 N–H and O–H groups in total. The fourth-order valence-corrected chi connectivity index (χ4v) is 6.18. The van der Waals surface area contributed by atoms with Crippen LogP contribution in [0, 0.1) is 28.6 Å². The Morgan fingerprint density at radius 2 is 1.50 bits per heavy atom. The Kier molecular flexibility index (Phi) is 4.81. The summed E-state index contributed by atoms with van der Waals surface area (Å²) in [6.45, 7) is 10.7. The molecule has 2 nitrogen and oxygen atoms in total. The predicted octanol–water partition coefficient (Wildman–Crippen LogP) is 6.13. The minimum Gasteiger partial charge on any atom is -0.458 e. The van der Waals surface area contributed by atoms with Crippen LogP contribution in [0.3, 0.4) is 0 Å². The van der Waals surface area contributed by atoms with Gasteiger partial charge in [0, 0.05) is 5.41 Å². The molecule has 4 rings (SSSR count). The quantitative estimate of drug-likeness (QED) is 0.523. The summed E-state index contributed by atoms with van der Waals surface area (Å²) in [6, 6.07) is 0. The van der Waals surface area contributed by atoms with Gasteiger partial charge in [-0.05, 0) is 96.3 Å². The monoisotopic (exact) mass is 334 g/mol. The van der Waals surface area contributed by atoms with Crippen molar-refractivity contribution in [2.24, 2.45) is 28.6 Å². The van der Waals surface area contributed by atoms with Gasteiger partial charge >= 0.3 is 5.97 Å². The number of rotatable bonds is 7. The van der Waals surface area contributed by atoms with Gasteiger partial charge < -0.3 is 4.74 Å². The van der Waals surface area contributed by atoms with Crippen molar-refractivity contribution in [2.75, 3.05) is 0 Å².